The number of benzene rings is 1. The predicted molar refractivity (Wildman–Crippen MR) is 126 cm³/mol. The summed E-state index contributed by atoms with van der Waals surface area (Å²) in [7, 11) is 0. The second-order valence-corrected chi connectivity index (χ2v) is 7.64. The molecule has 0 aliphatic heterocycles. The largest absolute Gasteiger partial charge is 0.379 e. The monoisotopic (exact) mass is 451 g/mol. The maximum absolute atomic E-state index is 12.3. The first-order valence-corrected chi connectivity index (χ1v) is 11.1. The first-order chi connectivity index (χ1) is 16.0. The summed E-state index contributed by atoms with van der Waals surface area (Å²) in [4.78, 5) is 50.8. The lowest BCUT2D eigenvalue weighted by molar-refractivity contribution is -0.120. The van der Waals surface area contributed by atoms with Crippen molar-refractivity contribution in [2.45, 2.75) is 46.1 Å². The molecule has 0 radical (unpaired) electrons. The molecule has 4 N–H and O–H groups in total. The van der Waals surface area contributed by atoms with E-state index in [1.807, 2.05) is 19.1 Å². The van der Waals surface area contributed by atoms with Crippen LogP contribution in [0.25, 0.3) is 11.2 Å². The quantitative estimate of drug-likeness (QED) is 0.327. The van der Waals surface area contributed by atoms with Gasteiger partial charge in [0.2, 0.25) is 5.91 Å². The van der Waals surface area contributed by atoms with Crippen LogP contribution in [0.4, 0.5) is 5.69 Å². The molecule has 0 bridgehead atoms. The minimum Gasteiger partial charge on any atom is -0.379 e. The lowest BCUT2D eigenvalue weighted by Gasteiger charge is -2.09. The van der Waals surface area contributed by atoms with Crippen LogP contribution in [0.5, 0.6) is 0 Å². The Morgan fingerprint density at radius 2 is 1.73 bits per heavy atom. The number of H-pyrrole nitrogens is 1. The molecule has 0 saturated carbocycles. The van der Waals surface area contributed by atoms with Gasteiger partial charge in [-0.25, -0.2) is 15.0 Å². The zero-order valence-electron chi connectivity index (χ0n) is 18.9. The number of aryl methyl sites for hydroxylation is 1. The van der Waals surface area contributed by atoms with Gasteiger partial charge in [0.15, 0.2) is 11.2 Å². The van der Waals surface area contributed by atoms with E-state index in [1.54, 1.807) is 25.3 Å². The van der Waals surface area contributed by atoms with Crippen molar-refractivity contribution in [1.82, 2.24) is 30.6 Å². The molecule has 2 aromatic heterocycles. The Hall–Kier alpha value is -3.82. The third kappa shape index (κ3) is 7.09. The molecule has 0 aliphatic rings. The van der Waals surface area contributed by atoms with E-state index in [0.29, 0.717) is 48.8 Å². The summed E-state index contributed by atoms with van der Waals surface area (Å²) in [6.45, 7) is 5.16. The zero-order chi connectivity index (χ0) is 23.6. The van der Waals surface area contributed by atoms with E-state index in [-0.39, 0.29) is 22.9 Å². The number of carbonyl (C=O) groups excluding carboxylic acids is 2. The van der Waals surface area contributed by atoms with E-state index >= 15 is 0 Å². The lowest BCUT2D eigenvalue weighted by Crippen LogP contribution is -2.25. The molecule has 3 rings (SSSR count). The number of nitrogens with one attached hydrogen (secondary N) is 4. The van der Waals surface area contributed by atoms with E-state index < -0.39 is 0 Å². The number of carbonyl (C=O) groups is 2. The summed E-state index contributed by atoms with van der Waals surface area (Å²) in [5, 5.41) is 8.96. The molecule has 0 aliphatic carbocycles. The van der Waals surface area contributed by atoms with Crippen LogP contribution in [0.2, 0.25) is 0 Å². The molecule has 33 heavy (non-hydrogen) atoms. The molecule has 10 heteroatoms. The average Bonchev–Trinajstić information content (AvgIpc) is 2.82. The molecule has 0 spiro atoms. The van der Waals surface area contributed by atoms with Crippen LogP contribution >= 0.6 is 0 Å². The Morgan fingerprint density at radius 1 is 1.00 bits per heavy atom. The molecule has 10 nitrogen and oxygen atoms in total. The van der Waals surface area contributed by atoms with Gasteiger partial charge < -0.3 is 20.9 Å². The Labute approximate surface area is 191 Å². The van der Waals surface area contributed by atoms with Crippen molar-refractivity contribution in [3.05, 3.63) is 57.9 Å². The van der Waals surface area contributed by atoms with Gasteiger partial charge in [-0.2, -0.15) is 0 Å². The van der Waals surface area contributed by atoms with Crippen molar-refractivity contribution in [3.8, 4) is 0 Å². The molecular formula is C23H29N7O3. The number of hydrogen-bond donors (Lipinski definition) is 4. The van der Waals surface area contributed by atoms with E-state index in [1.165, 1.54) is 0 Å². The van der Waals surface area contributed by atoms with Crippen LogP contribution in [-0.4, -0.2) is 44.8 Å². The van der Waals surface area contributed by atoms with Crippen molar-refractivity contribution < 1.29 is 9.59 Å². The fraction of sp³-hybridized carbons (Fsp3) is 0.391. The fourth-order valence-electron chi connectivity index (χ4n) is 3.16. The molecule has 0 unspecified atom stereocenters. The Balaban J connectivity index is 1.42. The number of rotatable bonds is 11. The molecule has 0 fully saturated rings. The third-order valence-corrected chi connectivity index (χ3v) is 4.99. The number of hydrogen-bond acceptors (Lipinski definition) is 7. The van der Waals surface area contributed by atoms with E-state index in [4.69, 9.17) is 0 Å². The Bertz CT molecular complexity index is 1160. The molecule has 2 amide bonds. The highest BCUT2D eigenvalue weighted by Gasteiger charge is 2.07. The SMILES string of the molecule is CCC(=O)NCCCCCNC(=O)c1ccc(NCc2cnc3nc(C)[nH]c(=O)c3n2)cc1. The highest BCUT2D eigenvalue weighted by atomic mass is 16.2. The predicted octanol–water partition coefficient (Wildman–Crippen LogP) is 2.06. The summed E-state index contributed by atoms with van der Waals surface area (Å²) < 4.78 is 0. The van der Waals surface area contributed by atoms with Crippen LogP contribution in [0.1, 0.15) is 54.5 Å². The smallest absolute Gasteiger partial charge is 0.279 e. The van der Waals surface area contributed by atoms with Gasteiger partial charge in [0.05, 0.1) is 18.4 Å². The van der Waals surface area contributed by atoms with Crippen LogP contribution in [0.15, 0.2) is 35.3 Å². The maximum Gasteiger partial charge on any atom is 0.279 e. The first kappa shape index (κ1) is 23.8. The number of fused-ring (bicyclic) bond motifs is 1. The van der Waals surface area contributed by atoms with Crippen LogP contribution in [-0.2, 0) is 11.3 Å². The van der Waals surface area contributed by atoms with Gasteiger partial charge in [0.1, 0.15) is 5.82 Å². The molecular weight excluding hydrogens is 422 g/mol. The minimum atomic E-state index is -0.314. The number of aromatic nitrogens is 4. The van der Waals surface area contributed by atoms with Gasteiger partial charge in [-0.05, 0) is 50.5 Å². The van der Waals surface area contributed by atoms with Gasteiger partial charge in [-0.15, -0.1) is 0 Å². The topological polar surface area (TPSA) is 142 Å². The van der Waals surface area contributed by atoms with Crippen LogP contribution in [0, 0.1) is 6.92 Å². The van der Waals surface area contributed by atoms with E-state index in [2.05, 4.69) is 35.9 Å². The van der Waals surface area contributed by atoms with Crippen LogP contribution < -0.4 is 21.5 Å². The normalized spacial score (nSPS) is 10.7. The number of unbranched alkanes of at least 4 members (excludes halogenated alkanes) is 2. The molecule has 0 saturated heterocycles. The van der Waals surface area contributed by atoms with Crippen molar-refractivity contribution in [3.63, 3.8) is 0 Å². The van der Waals surface area contributed by atoms with Gasteiger partial charge in [0.25, 0.3) is 11.5 Å². The summed E-state index contributed by atoms with van der Waals surface area (Å²) >= 11 is 0. The minimum absolute atomic E-state index is 0.0639. The molecule has 0 atom stereocenters. The molecule has 1 aromatic carbocycles. The molecule has 3 aromatic rings. The van der Waals surface area contributed by atoms with Gasteiger partial charge in [0, 0.05) is 30.8 Å². The Kier molecular flexibility index (Phi) is 8.45. The second kappa shape index (κ2) is 11.7. The first-order valence-electron chi connectivity index (χ1n) is 11.1. The average molecular weight is 452 g/mol. The number of anilines is 1. The maximum atomic E-state index is 12.3. The summed E-state index contributed by atoms with van der Waals surface area (Å²) in [6, 6.07) is 7.14. The highest BCUT2D eigenvalue weighted by Crippen LogP contribution is 2.11. The van der Waals surface area contributed by atoms with Gasteiger partial charge in [-0.3, -0.25) is 14.4 Å². The van der Waals surface area contributed by atoms with Gasteiger partial charge in [-0.1, -0.05) is 6.92 Å². The molecule has 2 heterocycles. The van der Waals surface area contributed by atoms with Crippen molar-refractivity contribution >= 4 is 28.7 Å². The highest BCUT2D eigenvalue weighted by molar-refractivity contribution is 5.94. The molecule has 174 valence electrons. The third-order valence-electron chi connectivity index (χ3n) is 4.99. The van der Waals surface area contributed by atoms with Crippen molar-refractivity contribution in [2.24, 2.45) is 0 Å². The number of nitrogens with zero attached hydrogens (tertiary/aromatic N) is 3. The number of aromatic amines is 1. The summed E-state index contributed by atoms with van der Waals surface area (Å²) in [6.07, 6.45) is 4.78. The zero-order valence-corrected chi connectivity index (χ0v) is 18.9. The standard InChI is InChI=1S/C23H29N7O3/c1-3-19(31)24-11-5-4-6-12-25-22(32)16-7-9-17(10-8-16)26-13-18-14-27-21-20(30-18)23(33)29-15(2)28-21/h7-10,14,26H,3-6,11-13H2,1-2H3,(H,24,31)(H,25,32)(H,27,28,29,33). The van der Waals surface area contributed by atoms with Gasteiger partial charge >= 0.3 is 0 Å². The van der Waals surface area contributed by atoms with Crippen molar-refractivity contribution in [1.29, 1.82) is 0 Å². The van der Waals surface area contributed by atoms with Crippen LogP contribution in [0.3, 0.4) is 0 Å². The summed E-state index contributed by atoms with van der Waals surface area (Å²) in [5.41, 5.74) is 2.21. The summed E-state index contributed by atoms with van der Waals surface area (Å²) in [5.74, 6) is 0.437. The lowest BCUT2D eigenvalue weighted by atomic mass is 10.2. The van der Waals surface area contributed by atoms with Crippen molar-refractivity contribution in [2.75, 3.05) is 18.4 Å². The van der Waals surface area contributed by atoms with E-state index in [0.717, 1.165) is 24.9 Å². The fourth-order valence-corrected chi connectivity index (χ4v) is 3.16. The number of amides is 2. The second-order valence-electron chi connectivity index (χ2n) is 7.64. The Morgan fingerprint density at radius 3 is 2.45 bits per heavy atom. The van der Waals surface area contributed by atoms with E-state index in [9.17, 15) is 14.4 Å².